The van der Waals surface area contributed by atoms with Gasteiger partial charge in [-0.3, -0.25) is 19.7 Å². The van der Waals surface area contributed by atoms with Crippen molar-refractivity contribution in [1.29, 1.82) is 0 Å². The van der Waals surface area contributed by atoms with E-state index in [1.54, 1.807) is 18.2 Å². The number of hydrogen-bond acceptors (Lipinski definition) is 7. The lowest BCUT2D eigenvalue weighted by Crippen LogP contribution is -2.37. The number of allylic oxidation sites excluding steroid dienone is 5. The lowest BCUT2D eigenvalue weighted by molar-refractivity contribution is -0.385. The van der Waals surface area contributed by atoms with Crippen LogP contribution < -0.4 is 9.47 Å². The van der Waals surface area contributed by atoms with Gasteiger partial charge in [0.25, 0.3) is 0 Å². The van der Waals surface area contributed by atoms with Crippen molar-refractivity contribution in [2.45, 2.75) is 57.0 Å². The number of carbonyl (C=O) groups excluding carboxylic acids is 2. The molecule has 8 nitrogen and oxygen atoms in total. The molecule has 0 saturated heterocycles. The van der Waals surface area contributed by atoms with E-state index in [1.165, 1.54) is 7.11 Å². The van der Waals surface area contributed by atoms with Crippen molar-refractivity contribution in [2.24, 2.45) is 0 Å². The number of Topliss-reactive ketones (excluding diaryl/α,β-unsaturated/α-hetero) is 2. The lowest BCUT2D eigenvalue weighted by atomic mass is 9.71. The highest BCUT2D eigenvalue weighted by molar-refractivity contribution is 6.06. The summed E-state index contributed by atoms with van der Waals surface area (Å²) in [5.74, 6) is -0.869. The Morgan fingerprint density at radius 1 is 1.02 bits per heavy atom. The number of hydrogen-bond donors (Lipinski definition) is 0. The first kappa shape index (κ1) is 29.1. The predicted molar refractivity (Wildman–Crippen MR) is 147 cm³/mol. The fourth-order valence-electron chi connectivity index (χ4n) is 6.14. The van der Waals surface area contributed by atoms with Crippen LogP contribution in [0.2, 0.25) is 0 Å². The fourth-order valence-corrected chi connectivity index (χ4v) is 6.14. The maximum atomic E-state index is 13.4. The summed E-state index contributed by atoms with van der Waals surface area (Å²) >= 11 is 0. The monoisotopic (exact) mass is 582 g/mol. The van der Waals surface area contributed by atoms with Crippen LogP contribution in [0.15, 0.2) is 65.5 Å². The molecule has 0 amide bonds. The van der Waals surface area contributed by atoms with Gasteiger partial charge in [-0.1, -0.05) is 12.1 Å². The van der Waals surface area contributed by atoms with Crippen LogP contribution in [0, 0.1) is 10.1 Å². The van der Waals surface area contributed by atoms with E-state index in [1.807, 2.05) is 11.9 Å². The molecule has 0 spiro atoms. The summed E-state index contributed by atoms with van der Waals surface area (Å²) in [5.41, 5.74) is 2.01. The smallest absolute Gasteiger partial charge is 0.416 e. The third-order valence-electron chi connectivity index (χ3n) is 8.01. The summed E-state index contributed by atoms with van der Waals surface area (Å²) in [5, 5.41) is 11.7. The highest BCUT2D eigenvalue weighted by Crippen LogP contribution is 2.51. The molecule has 1 aliphatic heterocycles. The van der Waals surface area contributed by atoms with Gasteiger partial charge in [0.05, 0.1) is 17.6 Å². The largest absolute Gasteiger partial charge is 0.493 e. The zero-order valence-electron chi connectivity index (χ0n) is 23.2. The quantitative estimate of drug-likeness (QED) is 0.194. The molecule has 0 bridgehead atoms. The minimum absolute atomic E-state index is 0.0250. The number of alkyl halides is 3. The average molecular weight is 583 g/mol. The first-order chi connectivity index (χ1) is 20.0. The van der Waals surface area contributed by atoms with Crippen molar-refractivity contribution in [3.8, 4) is 17.2 Å². The van der Waals surface area contributed by atoms with E-state index in [-0.39, 0.29) is 29.5 Å². The predicted octanol–water partition coefficient (Wildman–Crippen LogP) is 7.19. The van der Waals surface area contributed by atoms with Gasteiger partial charge in [0.15, 0.2) is 23.1 Å². The van der Waals surface area contributed by atoms with Gasteiger partial charge >= 0.3 is 11.9 Å². The van der Waals surface area contributed by atoms with E-state index in [0.717, 1.165) is 30.3 Å². The number of ketones is 2. The molecule has 0 unspecified atom stereocenters. The van der Waals surface area contributed by atoms with Crippen LogP contribution in [0.1, 0.15) is 61.1 Å². The minimum Gasteiger partial charge on any atom is -0.493 e. The zero-order valence-corrected chi connectivity index (χ0v) is 23.2. The Labute approximate surface area is 240 Å². The molecule has 0 fully saturated rings. The number of carbonyl (C=O) groups is 2. The number of ether oxygens (including phenoxy) is 2. The Balaban J connectivity index is 1.68. The molecule has 3 aliphatic rings. The number of nitrogens with zero attached hydrogens (tertiary/aromatic N) is 2. The van der Waals surface area contributed by atoms with Crippen molar-refractivity contribution in [3.05, 3.63) is 92.3 Å². The first-order valence-corrected chi connectivity index (χ1v) is 13.6. The number of benzene rings is 2. The van der Waals surface area contributed by atoms with Crippen LogP contribution in [0.4, 0.5) is 18.9 Å². The Bertz CT molecular complexity index is 1530. The number of rotatable bonds is 7. The lowest BCUT2D eigenvalue weighted by Gasteiger charge is -2.42. The van der Waals surface area contributed by atoms with E-state index in [2.05, 4.69) is 6.58 Å². The Morgan fingerprint density at radius 2 is 1.64 bits per heavy atom. The number of nitro groups is 1. The summed E-state index contributed by atoms with van der Waals surface area (Å²) in [6, 6.07) is 5.42. The Morgan fingerprint density at radius 3 is 2.17 bits per heavy atom. The summed E-state index contributed by atoms with van der Waals surface area (Å²) in [6.45, 7) is 3.79. The van der Waals surface area contributed by atoms with E-state index < -0.39 is 34.0 Å². The van der Waals surface area contributed by atoms with Crippen molar-refractivity contribution >= 4 is 17.3 Å². The standard InChI is InChI=1S/C31H29F3N2O6/c1-4-7-17-14-18(27-28-20(8-5-10-23(28)37)35(2)21-9-6-11-24(38)29(21)27)15-26(41-3)30(17)42-25-13-12-19(31(32,33)34)16-22(25)36(39)40/h4,12-16,27H,1,5-11H2,2-3H3. The molecule has 220 valence electrons. The highest BCUT2D eigenvalue weighted by atomic mass is 19.4. The van der Waals surface area contributed by atoms with Gasteiger partial charge in [0, 0.05) is 60.0 Å². The third kappa shape index (κ3) is 5.08. The van der Waals surface area contributed by atoms with Crippen LogP contribution in [0.3, 0.4) is 0 Å². The van der Waals surface area contributed by atoms with Gasteiger partial charge in [0.2, 0.25) is 5.75 Å². The molecule has 0 radical (unpaired) electrons. The maximum Gasteiger partial charge on any atom is 0.416 e. The SMILES string of the molecule is C=CCc1cc(C2C3=C(CCCC3=O)N(C)C3=C2C(=O)CCC3)cc(OC)c1Oc1ccc(C(F)(F)F)cc1[N+](=O)[O-]. The van der Waals surface area contributed by atoms with Crippen LogP contribution in [-0.4, -0.2) is 35.5 Å². The summed E-state index contributed by atoms with van der Waals surface area (Å²) < 4.78 is 51.3. The van der Waals surface area contributed by atoms with Crippen LogP contribution in [-0.2, 0) is 22.2 Å². The second-order valence-corrected chi connectivity index (χ2v) is 10.5. The zero-order chi connectivity index (χ0) is 30.3. The topological polar surface area (TPSA) is 99.0 Å². The molecule has 1 heterocycles. The van der Waals surface area contributed by atoms with E-state index in [4.69, 9.17) is 9.47 Å². The van der Waals surface area contributed by atoms with Gasteiger partial charge in [0.1, 0.15) is 0 Å². The minimum atomic E-state index is -4.78. The van der Waals surface area contributed by atoms with Gasteiger partial charge in [-0.25, -0.2) is 0 Å². The van der Waals surface area contributed by atoms with E-state index >= 15 is 0 Å². The number of methoxy groups -OCH3 is 1. The first-order valence-electron chi connectivity index (χ1n) is 13.6. The van der Waals surface area contributed by atoms with Gasteiger partial charge in [-0.2, -0.15) is 13.2 Å². The number of nitro benzene ring substituents is 1. The molecule has 42 heavy (non-hydrogen) atoms. The molecule has 2 aromatic rings. The van der Waals surface area contributed by atoms with Crippen molar-refractivity contribution in [1.82, 2.24) is 4.90 Å². The molecule has 2 aromatic carbocycles. The van der Waals surface area contributed by atoms with Gasteiger partial charge < -0.3 is 14.4 Å². The molecular formula is C31H29F3N2O6. The molecule has 0 saturated carbocycles. The Kier molecular flexibility index (Phi) is 7.70. The van der Waals surface area contributed by atoms with E-state index in [9.17, 15) is 32.9 Å². The normalized spacial score (nSPS) is 17.7. The summed E-state index contributed by atoms with van der Waals surface area (Å²) in [7, 11) is 3.27. The fraction of sp³-hybridized carbons (Fsp3) is 0.355. The molecule has 0 atom stereocenters. The molecule has 0 N–H and O–H groups in total. The van der Waals surface area contributed by atoms with Crippen molar-refractivity contribution in [2.75, 3.05) is 14.2 Å². The molecule has 5 rings (SSSR count). The van der Waals surface area contributed by atoms with Gasteiger partial charge in [-0.15, -0.1) is 6.58 Å². The molecule has 11 heteroatoms. The average Bonchev–Trinajstić information content (AvgIpc) is 2.94. The van der Waals surface area contributed by atoms with Crippen LogP contribution in [0.25, 0.3) is 0 Å². The highest BCUT2D eigenvalue weighted by Gasteiger charge is 2.43. The molecule has 0 aromatic heterocycles. The number of halogens is 3. The van der Waals surface area contributed by atoms with Crippen LogP contribution in [0.5, 0.6) is 17.2 Å². The van der Waals surface area contributed by atoms with E-state index in [0.29, 0.717) is 60.1 Å². The summed E-state index contributed by atoms with van der Waals surface area (Å²) in [4.78, 5) is 39.5. The van der Waals surface area contributed by atoms with Gasteiger partial charge in [-0.05, 0) is 55.9 Å². The second-order valence-electron chi connectivity index (χ2n) is 10.5. The van der Waals surface area contributed by atoms with Crippen molar-refractivity contribution < 1.29 is 37.2 Å². The molecule has 2 aliphatic carbocycles. The van der Waals surface area contributed by atoms with Crippen molar-refractivity contribution in [3.63, 3.8) is 0 Å². The van der Waals surface area contributed by atoms with Crippen LogP contribution >= 0.6 is 0 Å². The second kappa shape index (κ2) is 11.1. The molecular weight excluding hydrogens is 553 g/mol. The maximum absolute atomic E-state index is 13.4. The summed E-state index contributed by atoms with van der Waals surface area (Å²) in [6.07, 6.45) is 0.588. The Hall–Kier alpha value is -4.41. The third-order valence-corrected chi connectivity index (χ3v) is 8.01.